The smallest absolute Gasteiger partial charge is 0.234 e. The van der Waals surface area contributed by atoms with Gasteiger partial charge in [0.1, 0.15) is 0 Å². The zero-order valence-electron chi connectivity index (χ0n) is 9.60. The Hall–Kier alpha value is -0.870. The third kappa shape index (κ3) is 3.30. The molecule has 0 aliphatic carbocycles. The monoisotopic (exact) mass is 295 g/mol. The van der Waals surface area contributed by atoms with Crippen LogP contribution in [0.15, 0.2) is 28.7 Å². The number of rotatable bonds is 3. The third-order valence-corrected chi connectivity index (χ3v) is 3.61. The van der Waals surface area contributed by atoms with Crippen LogP contribution in [-0.2, 0) is 11.3 Å². The molecule has 91 valence electrons. The number of piperidine rings is 1. The Kier molecular flexibility index (Phi) is 4.18. The molecule has 1 radical (unpaired) electrons. The van der Waals surface area contributed by atoms with E-state index in [0.29, 0.717) is 0 Å². The average Bonchev–Trinajstić information content (AvgIpc) is 2.32. The molecule has 1 unspecified atom stereocenters. The van der Waals surface area contributed by atoms with Crippen molar-refractivity contribution in [3.63, 3.8) is 0 Å². The highest BCUT2D eigenvalue weighted by molar-refractivity contribution is 9.10. The number of carbonyl (C=O) groups excluding carboxylic acids is 1. The van der Waals surface area contributed by atoms with Crippen molar-refractivity contribution in [1.29, 1.82) is 0 Å². The third-order valence-electron chi connectivity index (χ3n) is 3.08. The van der Waals surface area contributed by atoms with Gasteiger partial charge in [-0.2, -0.15) is 0 Å². The van der Waals surface area contributed by atoms with Gasteiger partial charge in [0, 0.05) is 11.0 Å². The summed E-state index contributed by atoms with van der Waals surface area (Å²) >= 11 is 3.41. The first-order valence-corrected chi connectivity index (χ1v) is 6.55. The van der Waals surface area contributed by atoms with Gasteiger partial charge in [0.2, 0.25) is 5.91 Å². The second-order valence-electron chi connectivity index (χ2n) is 4.33. The van der Waals surface area contributed by atoms with Crippen molar-refractivity contribution in [2.75, 3.05) is 6.54 Å². The highest BCUT2D eigenvalue weighted by Gasteiger charge is 2.26. The van der Waals surface area contributed by atoms with Crippen LogP contribution in [0.2, 0.25) is 0 Å². The van der Waals surface area contributed by atoms with E-state index in [9.17, 15) is 4.79 Å². The van der Waals surface area contributed by atoms with Gasteiger partial charge in [-0.15, -0.1) is 0 Å². The van der Waals surface area contributed by atoms with E-state index in [1.807, 2.05) is 12.1 Å². The Balaban J connectivity index is 2.05. The van der Waals surface area contributed by atoms with Gasteiger partial charge >= 0.3 is 0 Å². The van der Waals surface area contributed by atoms with Gasteiger partial charge in [-0.25, -0.2) is 0 Å². The number of primary amides is 1. The maximum absolute atomic E-state index is 11.4. The average molecular weight is 296 g/mol. The van der Waals surface area contributed by atoms with Gasteiger partial charge in [0.15, 0.2) is 0 Å². The van der Waals surface area contributed by atoms with Gasteiger partial charge < -0.3 is 5.73 Å². The Bertz CT molecular complexity index is 391. The molecule has 1 aromatic rings. The lowest BCUT2D eigenvalue weighted by Crippen LogP contribution is -2.47. The topological polar surface area (TPSA) is 46.3 Å². The molecule has 1 saturated heterocycles. The number of carbonyl (C=O) groups is 1. The maximum atomic E-state index is 11.4. The summed E-state index contributed by atoms with van der Waals surface area (Å²) in [7, 11) is 0. The molecule has 17 heavy (non-hydrogen) atoms. The first kappa shape index (κ1) is 12.6. The highest BCUT2D eigenvalue weighted by Crippen LogP contribution is 2.19. The number of hydrogen-bond acceptors (Lipinski definition) is 2. The number of hydrogen-bond donors (Lipinski definition) is 1. The fourth-order valence-corrected chi connectivity index (χ4v) is 2.41. The molecule has 3 nitrogen and oxygen atoms in total. The summed E-state index contributed by atoms with van der Waals surface area (Å²) in [4.78, 5) is 13.5. The van der Waals surface area contributed by atoms with Crippen molar-refractivity contribution in [1.82, 2.24) is 4.90 Å². The van der Waals surface area contributed by atoms with E-state index in [2.05, 4.69) is 39.4 Å². The van der Waals surface area contributed by atoms with Crippen LogP contribution < -0.4 is 5.73 Å². The molecule has 0 aromatic heterocycles. The first-order valence-electron chi connectivity index (χ1n) is 5.76. The fraction of sp³-hybridized carbons (Fsp3) is 0.385. The molecule has 1 aliphatic heterocycles. The minimum absolute atomic E-state index is 0.146. The van der Waals surface area contributed by atoms with Crippen LogP contribution in [0.3, 0.4) is 0 Å². The Morgan fingerprint density at radius 1 is 1.41 bits per heavy atom. The summed E-state index contributed by atoms with van der Waals surface area (Å²) in [6, 6.07) is 8.03. The fourth-order valence-electron chi connectivity index (χ4n) is 2.15. The number of nitrogens with two attached hydrogens (primary N) is 1. The van der Waals surface area contributed by atoms with Crippen molar-refractivity contribution < 1.29 is 4.79 Å². The lowest BCUT2D eigenvalue weighted by Gasteiger charge is -2.33. The molecule has 0 bridgehead atoms. The SMILES string of the molecule is NC(=O)C1C[CH]CCN1Cc1ccc(Br)cc1. The molecule has 1 aliphatic rings. The number of halogens is 1. The molecule has 2 rings (SSSR count). The Morgan fingerprint density at radius 3 is 2.76 bits per heavy atom. The number of nitrogens with zero attached hydrogens (tertiary/aromatic N) is 1. The quantitative estimate of drug-likeness (QED) is 0.928. The molecule has 0 saturated carbocycles. The number of benzene rings is 1. The Morgan fingerprint density at radius 2 is 2.12 bits per heavy atom. The van der Waals surface area contributed by atoms with Crippen LogP contribution in [0.5, 0.6) is 0 Å². The lowest BCUT2D eigenvalue weighted by atomic mass is 10.0. The molecular formula is C13H16BrN2O. The van der Waals surface area contributed by atoms with E-state index in [4.69, 9.17) is 5.73 Å². The van der Waals surface area contributed by atoms with Crippen LogP contribution >= 0.6 is 15.9 Å². The minimum atomic E-state index is -0.224. The van der Waals surface area contributed by atoms with Gasteiger partial charge in [-0.3, -0.25) is 9.69 Å². The van der Waals surface area contributed by atoms with Gasteiger partial charge in [0.05, 0.1) is 6.04 Å². The van der Waals surface area contributed by atoms with E-state index >= 15 is 0 Å². The molecule has 1 atom stereocenters. The van der Waals surface area contributed by atoms with E-state index in [-0.39, 0.29) is 11.9 Å². The predicted molar refractivity (Wildman–Crippen MR) is 71.1 cm³/mol. The number of amides is 1. The summed E-state index contributed by atoms with van der Waals surface area (Å²) in [5, 5.41) is 0. The second-order valence-corrected chi connectivity index (χ2v) is 5.24. The van der Waals surface area contributed by atoms with Crippen molar-refractivity contribution >= 4 is 21.8 Å². The molecule has 2 N–H and O–H groups in total. The van der Waals surface area contributed by atoms with E-state index < -0.39 is 0 Å². The van der Waals surface area contributed by atoms with Crippen LogP contribution in [-0.4, -0.2) is 23.4 Å². The highest BCUT2D eigenvalue weighted by atomic mass is 79.9. The predicted octanol–water partition coefficient (Wildman–Crippen LogP) is 2.10. The summed E-state index contributed by atoms with van der Waals surface area (Å²) in [6.45, 7) is 1.69. The summed E-state index contributed by atoms with van der Waals surface area (Å²) in [5.41, 5.74) is 6.64. The molecule has 1 amide bonds. The molecular weight excluding hydrogens is 280 g/mol. The lowest BCUT2D eigenvalue weighted by molar-refractivity contribution is -0.124. The maximum Gasteiger partial charge on any atom is 0.234 e. The van der Waals surface area contributed by atoms with Gasteiger partial charge in [0.25, 0.3) is 0 Å². The van der Waals surface area contributed by atoms with Crippen LogP contribution in [0.4, 0.5) is 0 Å². The van der Waals surface area contributed by atoms with Crippen molar-refractivity contribution in [2.45, 2.75) is 25.4 Å². The van der Waals surface area contributed by atoms with Crippen LogP contribution in [0, 0.1) is 6.42 Å². The van der Waals surface area contributed by atoms with E-state index in [1.54, 1.807) is 0 Å². The van der Waals surface area contributed by atoms with Crippen LogP contribution in [0.1, 0.15) is 18.4 Å². The standard InChI is InChI=1S/C13H16BrN2O/c14-11-6-4-10(5-7-11)9-16-8-2-1-3-12(16)13(15)17/h1,4-7,12H,2-3,8-9H2,(H2,15,17). The molecule has 1 aromatic carbocycles. The largest absolute Gasteiger partial charge is 0.368 e. The zero-order valence-corrected chi connectivity index (χ0v) is 11.2. The summed E-state index contributed by atoms with van der Waals surface area (Å²) in [5.74, 6) is -0.224. The molecule has 1 fully saturated rings. The van der Waals surface area contributed by atoms with Crippen LogP contribution in [0.25, 0.3) is 0 Å². The van der Waals surface area contributed by atoms with E-state index in [1.165, 1.54) is 5.56 Å². The molecule has 0 spiro atoms. The Labute approximate surface area is 110 Å². The van der Waals surface area contributed by atoms with E-state index in [0.717, 1.165) is 30.4 Å². The summed E-state index contributed by atoms with van der Waals surface area (Å²) in [6.07, 6.45) is 3.94. The molecule has 1 heterocycles. The minimum Gasteiger partial charge on any atom is -0.368 e. The zero-order chi connectivity index (χ0) is 12.3. The normalized spacial score (nSPS) is 21.4. The van der Waals surface area contributed by atoms with Crippen molar-refractivity contribution in [2.24, 2.45) is 5.73 Å². The molecule has 4 heteroatoms. The van der Waals surface area contributed by atoms with Gasteiger partial charge in [-0.05, 0) is 43.5 Å². The second kappa shape index (κ2) is 5.65. The van der Waals surface area contributed by atoms with Crippen molar-refractivity contribution in [3.05, 3.63) is 40.7 Å². The summed E-state index contributed by atoms with van der Waals surface area (Å²) < 4.78 is 1.07. The van der Waals surface area contributed by atoms with Crippen molar-refractivity contribution in [3.8, 4) is 0 Å². The van der Waals surface area contributed by atoms with Gasteiger partial charge in [-0.1, -0.05) is 28.1 Å². The number of likely N-dealkylation sites (tertiary alicyclic amines) is 1. The first-order chi connectivity index (χ1) is 8.16.